The molecule has 0 saturated heterocycles. The summed E-state index contributed by atoms with van der Waals surface area (Å²) in [5, 5.41) is 7.80. The Morgan fingerprint density at radius 2 is 2.22 bits per heavy atom. The van der Waals surface area contributed by atoms with E-state index in [9.17, 15) is 0 Å². The molecule has 0 aliphatic carbocycles. The Balaban J connectivity index is 2.13. The van der Waals surface area contributed by atoms with E-state index in [1.165, 1.54) is 11.1 Å². The van der Waals surface area contributed by atoms with Crippen molar-refractivity contribution < 1.29 is 0 Å². The Hall–Kier alpha value is -1.13. The summed E-state index contributed by atoms with van der Waals surface area (Å²) in [6, 6.07) is 6.22. The fourth-order valence-corrected chi connectivity index (χ4v) is 2.34. The molecule has 0 spiro atoms. The second-order valence-electron chi connectivity index (χ2n) is 4.40. The van der Waals surface area contributed by atoms with Gasteiger partial charge in [-0.05, 0) is 43.7 Å². The van der Waals surface area contributed by atoms with Crippen LogP contribution in [0.1, 0.15) is 24.5 Å². The van der Waals surface area contributed by atoms with E-state index in [4.69, 9.17) is 0 Å². The van der Waals surface area contributed by atoms with Gasteiger partial charge in [0.15, 0.2) is 0 Å². The number of hydrogen-bond donors (Lipinski definition) is 1. The number of rotatable bonds is 5. The number of aryl methyl sites for hydroxylation is 1. The van der Waals surface area contributed by atoms with Gasteiger partial charge in [0.25, 0.3) is 0 Å². The van der Waals surface area contributed by atoms with E-state index in [0.717, 1.165) is 29.7 Å². The topological polar surface area (TPSA) is 29.9 Å². The van der Waals surface area contributed by atoms with Crippen molar-refractivity contribution in [2.24, 2.45) is 0 Å². The first kappa shape index (κ1) is 13.3. The fourth-order valence-electron chi connectivity index (χ4n) is 1.87. The van der Waals surface area contributed by atoms with E-state index in [2.05, 4.69) is 58.5 Å². The number of nitrogens with one attached hydrogen (secondary N) is 1. The highest BCUT2D eigenvalue weighted by molar-refractivity contribution is 9.10. The first-order chi connectivity index (χ1) is 8.70. The maximum Gasteiger partial charge on any atom is 0.0675 e. The molecule has 1 aromatic carbocycles. The summed E-state index contributed by atoms with van der Waals surface area (Å²) in [4.78, 5) is 0. The van der Waals surface area contributed by atoms with Gasteiger partial charge in [-0.3, -0.25) is 0 Å². The number of aromatic nitrogens is 2. The molecular formula is C14H18BrN3. The largest absolute Gasteiger partial charge is 0.313 e. The molecule has 18 heavy (non-hydrogen) atoms. The molecule has 0 fully saturated rings. The SMILES string of the molecule is CCCNCc1cnn(-c2ccc(Br)cc2C)c1. The predicted octanol–water partition coefficient (Wildman–Crippen LogP) is 3.44. The summed E-state index contributed by atoms with van der Waals surface area (Å²) in [5.74, 6) is 0. The van der Waals surface area contributed by atoms with E-state index >= 15 is 0 Å². The van der Waals surface area contributed by atoms with Crippen LogP contribution in [0.15, 0.2) is 35.1 Å². The predicted molar refractivity (Wildman–Crippen MR) is 78.0 cm³/mol. The van der Waals surface area contributed by atoms with E-state index in [1.54, 1.807) is 0 Å². The summed E-state index contributed by atoms with van der Waals surface area (Å²) in [5.41, 5.74) is 3.55. The Kier molecular flexibility index (Phi) is 4.55. The number of nitrogens with zero attached hydrogens (tertiary/aromatic N) is 2. The van der Waals surface area contributed by atoms with Crippen LogP contribution in [0.2, 0.25) is 0 Å². The molecule has 0 atom stereocenters. The quantitative estimate of drug-likeness (QED) is 0.858. The first-order valence-electron chi connectivity index (χ1n) is 6.21. The summed E-state index contributed by atoms with van der Waals surface area (Å²) in [6.07, 6.45) is 5.16. The standard InChI is InChI=1S/C14H18BrN3/c1-3-6-16-8-12-9-17-18(10-12)14-5-4-13(15)7-11(14)2/h4-5,7,9-10,16H,3,6,8H2,1-2H3. The molecule has 0 radical (unpaired) electrons. The molecule has 2 rings (SSSR count). The minimum Gasteiger partial charge on any atom is -0.313 e. The van der Waals surface area contributed by atoms with Gasteiger partial charge in [-0.2, -0.15) is 5.10 Å². The van der Waals surface area contributed by atoms with Crippen molar-refractivity contribution in [2.45, 2.75) is 26.8 Å². The van der Waals surface area contributed by atoms with Gasteiger partial charge in [0.2, 0.25) is 0 Å². The molecule has 0 unspecified atom stereocenters. The van der Waals surface area contributed by atoms with Crippen LogP contribution in [0.4, 0.5) is 0 Å². The number of hydrogen-bond acceptors (Lipinski definition) is 2. The van der Waals surface area contributed by atoms with E-state index in [0.29, 0.717) is 0 Å². The maximum atomic E-state index is 4.42. The zero-order valence-corrected chi connectivity index (χ0v) is 12.4. The molecule has 0 saturated carbocycles. The third-order valence-corrected chi connectivity index (χ3v) is 3.29. The lowest BCUT2D eigenvalue weighted by Gasteiger charge is -2.06. The van der Waals surface area contributed by atoms with Crippen LogP contribution in [0.5, 0.6) is 0 Å². The van der Waals surface area contributed by atoms with Gasteiger partial charge in [-0.25, -0.2) is 4.68 Å². The normalized spacial score (nSPS) is 10.8. The average Bonchev–Trinajstić information content (AvgIpc) is 2.78. The van der Waals surface area contributed by atoms with Gasteiger partial charge in [-0.15, -0.1) is 0 Å². The van der Waals surface area contributed by atoms with Crippen LogP contribution in [0, 0.1) is 6.92 Å². The summed E-state index contributed by atoms with van der Waals surface area (Å²) in [7, 11) is 0. The van der Waals surface area contributed by atoms with Crippen LogP contribution >= 0.6 is 15.9 Å². The molecule has 0 amide bonds. The smallest absolute Gasteiger partial charge is 0.0675 e. The average molecular weight is 308 g/mol. The lowest BCUT2D eigenvalue weighted by molar-refractivity contribution is 0.675. The molecule has 1 aromatic heterocycles. The highest BCUT2D eigenvalue weighted by Gasteiger charge is 2.04. The summed E-state index contributed by atoms with van der Waals surface area (Å²) >= 11 is 3.48. The van der Waals surface area contributed by atoms with Crippen molar-refractivity contribution in [3.63, 3.8) is 0 Å². The monoisotopic (exact) mass is 307 g/mol. The van der Waals surface area contributed by atoms with Crippen molar-refractivity contribution in [1.82, 2.24) is 15.1 Å². The molecule has 4 heteroatoms. The lowest BCUT2D eigenvalue weighted by atomic mass is 10.2. The van der Waals surface area contributed by atoms with E-state index in [1.807, 2.05) is 16.9 Å². The van der Waals surface area contributed by atoms with Crippen molar-refractivity contribution >= 4 is 15.9 Å². The molecule has 96 valence electrons. The Bertz CT molecular complexity index is 520. The van der Waals surface area contributed by atoms with Crippen LogP contribution in [-0.4, -0.2) is 16.3 Å². The zero-order chi connectivity index (χ0) is 13.0. The zero-order valence-electron chi connectivity index (χ0n) is 10.8. The molecule has 1 N–H and O–H groups in total. The van der Waals surface area contributed by atoms with Crippen molar-refractivity contribution in [3.8, 4) is 5.69 Å². The Labute approximate surface area is 116 Å². The van der Waals surface area contributed by atoms with E-state index < -0.39 is 0 Å². The first-order valence-corrected chi connectivity index (χ1v) is 7.01. The molecule has 0 aliphatic rings. The molecule has 1 heterocycles. The van der Waals surface area contributed by atoms with Crippen molar-refractivity contribution in [1.29, 1.82) is 0 Å². The van der Waals surface area contributed by atoms with Gasteiger partial charge in [0, 0.05) is 22.8 Å². The summed E-state index contributed by atoms with van der Waals surface area (Å²) in [6.45, 7) is 6.18. The Morgan fingerprint density at radius 1 is 1.39 bits per heavy atom. The second-order valence-corrected chi connectivity index (χ2v) is 5.32. The number of benzene rings is 1. The van der Waals surface area contributed by atoms with Crippen molar-refractivity contribution in [3.05, 3.63) is 46.2 Å². The highest BCUT2D eigenvalue weighted by Crippen LogP contribution is 2.19. The van der Waals surface area contributed by atoms with Crippen molar-refractivity contribution in [2.75, 3.05) is 6.54 Å². The fraction of sp³-hybridized carbons (Fsp3) is 0.357. The molecular weight excluding hydrogens is 290 g/mol. The minimum absolute atomic E-state index is 0.878. The van der Waals surface area contributed by atoms with Crippen LogP contribution in [-0.2, 0) is 6.54 Å². The van der Waals surface area contributed by atoms with E-state index in [-0.39, 0.29) is 0 Å². The van der Waals surface area contributed by atoms with Gasteiger partial charge < -0.3 is 5.32 Å². The maximum absolute atomic E-state index is 4.42. The van der Waals surface area contributed by atoms with Gasteiger partial charge in [-0.1, -0.05) is 22.9 Å². The molecule has 2 aromatic rings. The van der Waals surface area contributed by atoms with Gasteiger partial charge in [0.05, 0.1) is 11.9 Å². The van der Waals surface area contributed by atoms with Gasteiger partial charge >= 0.3 is 0 Å². The van der Waals surface area contributed by atoms with Gasteiger partial charge in [0.1, 0.15) is 0 Å². The highest BCUT2D eigenvalue weighted by atomic mass is 79.9. The third kappa shape index (κ3) is 3.21. The van der Waals surface area contributed by atoms with Crippen LogP contribution < -0.4 is 5.32 Å². The van der Waals surface area contributed by atoms with Crippen LogP contribution in [0.3, 0.4) is 0 Å². The summed E-state index contributed by atoms with van der Waals surface area (Å²) < 4.78 is 3.03. The minimum atomic E-state index is 0.878. The molecule has 0 aliphatic heterocycles. The molecule has 0 bridgehead atoms. The molecule has 3 nitrogen and oxygen atoms in total. The Morgan fingerprint density at radius 3 is 2.94 bits per heavy atom. The second kappa shape index (κ2) is 6.16. The third-order valence-electron chi connectivity index (χ3n) is 2.80. The van der Waals surface area contributed by atoms with Crippen LogP contribution in [0.25, 0.3) is 5.69 Å². The number of halogens is 1. The lowest BCUT2D eigenvalue weighted by Crippen LogP contribution is -2.13.